The second kappa shape index (κ2) is 8.61. The number of hydrogen-bond acceptors (Lipinski definition) is 6. The molecule has 0 atom stereocenters. The molecule has 1 fully saturated rings. The number of rotatable bonds is 5. The number of anilines is 3. The zero-order chi connectivity index (χ0) is 20.2. The first kappa shape index (κ1) is 19.4. The Balaban J connectivity index is 1.30. The fraction of sp³-hybridized carbons (Fsp3) is 0.318. The van der Waals surface area contributed by atoms with Gasteiger partial charge in [0.2, 0.25) is 5.91 Å². The van der Waals surface area contributed by atoms with Crippen LogP contribution in [-0.2, 0) is 11.2 Å². The van der Waals surface area contributed by atoms with Crippen molar-refractivity contribution in [3.05, 3.63) is 64.8 Å². The molecule has 7 heteroatoms. The van der Waals surface area contributed by atoms with Gasteiger partial charge in [-0.3, -0.25) is 4.79 Å². The van der Waals surface area contributed by atoms with E-state index in [0.29, 0.717) is 6.42 Å². The van der Waals surface area contributed by atoms with E-state index in [9.17, 15) is 4.79 Å². The molecule has 0 aliphatic carbocycles. The zero-order valence-electron chi connectivity index (χ0n) is 16.8. The van der Waals surface area contributed by atoms with Gasteiger partial charge in [-0.1, -0.05) is 12.1 Å². The summed E-state index contributed by atoms with van der Waals surface area (Å²) >= 11 is 1.50. The standard InChI is InChI=1S/C22H25N5OS/c1-16-4-3-5-19(12-16)26-8-10-27(11-9-26)21(28)14-18-15-29-22(24-18)25-20-13-17(2)6-7-23-20/h3-7,12-13,15H,8-11,14H2,1-2H3,(H,23,24,25). The maximum Gasteiger partial charge on any atom is 0.228 e. The molecule has 0 bridgehead atoms. The normalized spacial score (nSPS) is 14.1. The summed E-state index contributed by atoms with van der Waals surface area (Å²) in [5, 5.41) is 5.91. The minimum Gasteiger partial charge on any atom is -0.368 e. The van der Waals surface area contributed by atoms with Crippen LogP contribution in [0.4, 0.5) is 16.6 Å². The van der Waals surface area contributed by atoms with E-state index in [1.54, 1.807) is 6.20 Å². The molecule has 2 aromatic heterocycles. The number of aromatic nitrogens is 2. The van der Waals surface area contributed by atoms with Crippen molar-refractivity contribution in [2.45, 2.75) is 20.3 Å². The van der Waals surface area contributed by atoms with Crippen LogP contribution in [-0.4, -0.2) is 47.0 Å². The first-order valence-corrected chi connectivity index (χ1v) is 10.7. The van der Waals surface area contributed by atoms with Crippen LogP contribution in [0.3, 0.4) is 0 Å². The molecule has 3 heterocycles. The molecule has 6 nitrogen and oxygen atoms in total. The number of benzene rings is 1. The minimum absolute atomic E-state index is 0.138. The number of thiazole rings is 1. The second-order valence-corrected chi connectivity index (χ2v) is 8.23. The highest BCUT2D eigenvalue weighted by atomic mass is 32.1. The molecule has 4 rings (SSSR count). The van der Waals surface area contributed by atoms with Crippen LogP contribution in [0.25, 0.3) is 0 Å². The van der Waals surface area contributed by atoms with Crippen LogP contribution < -0.4 is 10.2 Å². The number of nitrogens with one attached hydrogen (secondary N) is 1. The van der Waals surface area contributed by atoms with E-state index < -0.39 is 0 Å². The largest absolute Gasteiger partial charge is 0.368 e. The number of amides is 1. The predicted molar refractivity (Wildman–Crippen MR) is 118 cm³/mol. The molecule has 3 aromatic rings. The Hall–Kier alpha value is -2.93. The van der Waals surface area contributed by atoms with Crippen molar-refractivity contribution >= 4 is 33.9 Å². The summed E-state index contributed by atoms with van der Waals surface area (Å²) in [6.45, 7) is 7.34. The van der Waals surface area contributed by atoms with Gasteiger partial charge in [0.1, 0.15) is 5.82 Å². The monoisotopic (exact) mass is 407 g/mol. The van der Waals surface area contributed by atoms with Crippen LogP contribution in [0, 0.1) is 13.8 Å². The van der Waals surface area contributed by atoms with Crippen LogP contribution in [0.15, 0.2) is 48.0 Å². The maximum atomic E-state index is 12.7. The predicted octanol–water partition coefficient (Wildman–Crippen LogP) is 3.79. The molecule has 0 spiro atoms. The highest BCUT2D eigenvalue weighted by Crippen LogP contribution is 2.22. The maximum absolute atomic E-state index is 12.7. The summed E-state index contributed by atoms with van der Waals surface area (Å²) in [5.41, 5.74) is 4.43. The highest BCUT2D eigenvalue weighted by molar-refractivity contribution is 7.13. The average Bonchev–Trinajstić information content (AvgIpc) is 3.15. The molecule has 0 radical (unpaired) electrons. The van der Waals surface area contributed by atoms with Gasteiger partial charge in [0.25, 0.3) is 0 Å². The molecular weight excluding hydrogens is 382 g/mol. The fourth-order valence-corrected chi connectivity index (χ4v) is 4.18. The smallest absolute Gasteiger partial charge is 0.228 e. The first-order chi connectivity index (χ1) is 14.1. The van der Waals surface area contributed by atoms with E-state index in [1.165, 1.54) is 22.6 Å². The van der Waals surface area contributed by atoms with Crippen LogP contribution in [0.5, 0.6) is 0 Å². The number of carbonyl (C=O) groups excluding carboxylic acids is 1. The topological polar surface area (TPSA) is 61.4 Å². The number of hydrogen-bond donors (Lipinski definition) is 1. The number of pyridine rings is 1. The number of nitrogens with zero attached hydrogens (tertiary/aromatic N) is 4. The molecule has 1 saturated heterocycles. The third-order valence-electron chi connectivity index (χ3n) is 5.03. The highest BCUT2D eigenvalue weighted by Gasteiger charge is 2.22. The Morgan fingerprint density at radius 2 is 1.90 bits per heavy atom. The molecule has 1 N–H and O–H groups in total. The molecule has 1 aromatic carbocycles. The van der Waals surface area contributed by atoms with Gasteiger partial charge in [0, 0.05) is 43.4 Å². The van der Waals surface area contributed by atoms with Gasteiger partial charge >= 0.3 is 0 Å². The second-order valence-electron chi connectivity index (χ2n) is 7.37. The summed E-state index contributed by atoms with van der Waals surface area (Å²) in [7, 11) is 0. The third kappa shape index (κ3) is 4.92. The lowest BCUT2D eigenvalue weighted by atomic mass is 10.2. The van der Waals surface area contributed by atoms with E-state index in [4.69, 9.17) is 0 Å². The van der Waals surface area contributed by atoms with Gasteiger partial charge in [-0.25, -0.2) is 9.97 Å². The first-order valence-electron chi connectivity index (χ1n) is 9.80. The Labute approximate surface area is 175 Å². The summed E-state index contributed by atoms with van der Waals surface area (Å²) < 4.78 is 0. The Morgan fingerprint density at radius 3 is 2.66 bits per heavy atom. The van der Waals surface area contributed by atoms with Gasteiger partial charge in [-0.05, 0) is 49.2 Å². The number of aryl methyl sites for hydroxylation is 2. The molecule has 29 heavy (non-hydrogen) atoms. The summed E-state index contributed by atoms with van der Waals surface area (Å²) in [6.07, 6.45) is 2.11. The lowest BCUT2D eigenvalue weighted by molar-refractivity contribution is -0.130. The van der Waals surface area contributed by atoms with E-state index in [1.807, 2.05) is 29.3 Å². The van der Waals surface area contributed by atoms with Gasteiger partial charge in [-0.15, -0.1) is 11.3 Å². The molecule has 1 aliphatic heterocycles. The molecule has 150 valence electrons. The van der Waals surface area contributed by atoms with E-state index >= 15 is 0 Å². The summed E-state index contributed by atoms with van der Waals surface area (Å²) in [6, 6.07) is 12.5. The van der Waals surface area contributed by atoms with Gasteiger partial charge in [0.15, 0.2) is 5.13 Å². The lowest BCUT2D eigenvalue weighted by Gasteiger charge is -2.36. The van der Waals surface area contributed by atoms with E-state index in [0.717, 1.165) is 48.4 Å². The third-order valence-corrected chi connectivity index (χ3v) is 5.84. The summed E-state index contributed by atoms with van der Waals surface area (Å²) in [5.74, 6) is 0.906. The molecule has 0 unspecified atom stereocenters. The van der Waals surface area contributed by atoms with Crippen molar-refractivity contribution in [3.63, 3.8) is 0 Å². The Kier molecular flexibility index (Phi) is 5.76. The number of piperazine rings is 1. The molecule has 1 aliphatic rings. The van der Waals surface area contributed by atoms with Crippen molar-refractivity contribution in [2.75, 3.05) is 36.4 Å². The van der Waals surface area contributed by atoms with Crippen molar-refractivity contribution in [1.82, 2.24) is 14.9 Å². The Bertz CT molecular complexity index is 994. The van der Waals surface area contributed by atoms with Gasteiger partial charge < -0.3 is 15.1 Å². The van der Waals surface area contributed by atoms with Crippen molar-refractivity contribution in [2.24, 2.45) is 0 Å². The van der Waals surface area contributed by atoms with Crippen molar-refractivity contribution in [1.29, 1.82) is 0 Å². The Morgan fingerprint density at radius 1 is 1.10 bits per heavy atom. The van der Waals surface area contributed by atoms with Crippen LogP contribution >= 0.6 is 11.3 Å². The lowest BCUT2D eigenvalue weighted by Crippen LogP contribution is -2.49. The van der Waals surface area contributed by atoms with Gasteiger partial charge in [0.05, 0.1) is 12.1 Å². The van der Waals surface area contributed by atoms with Crippen molar-refractivity contribution < 1.29 is 4.79 Å². The fourth-order valence-electron chi connectivity index (χ4n) is 3.47. The van der Waals surface area contributed by atoms with Crippen molar-refractivity contribution in [3.8, 4) is 0 Å². The van der Waals surface area contributed by atoms with E-state index in [-0.39, 0.29) is 5.91 Å². The van der Waals surface area contributed by atoms with Crippen LogP contribution in [0.1, 0.15) is 16.8 Å². The minimum atomic E-state index is 0.138. The molecule has 1 amide bonds. The van der Waals surface area contributed by atoms with E-state index in [2.05, 4.69) is 51.4 Å². The quantitative estimate of drug-likeness (QED) is 0.697. The zero-order valence-corrected chi connectivity index (χ0v) is 17.6. The average molecular weight is 408 g/mol. The summed E-state index contributed by atoms with van der Waals surface area (Å²) in [4.78, 5) is 25.8. The molecule has 0 saturated carbocycles. The van der Waals surface area contributed by atoms with Gasteiger partial charge in [-0.2, -0.15) is 0 Å². The number of carbonyl (C=O) groups is 1. The molecular formula is C22H25N5OS. The van der Waals surface area contributed by atoms with Crippen LogP contribution in [0.2, 0.25) is 0 Å². The SMILES string of the molecule is Cc1cccc(N2CCN(C(=O)Cc3csc(Nc4cc(C)ccn4)n3)CC2)c1.